The van der Waals surface area contributed by atoms with Gasteiger partial charge in [-0.2, -0.15) is 0 Å². The number of rotatable bonds is 6. The minimum absolute atomic E-state index is 0.103. The number of aldehydes is 1. The van der Waals surface area contributed by atoms with E-state index in [1.807, 2.05) is 13.8 Å². The summed E-state index contributed by atoms with van der Waals surface area (Å²) in [7, 11) is 0. The maximum absolute atomic E-state index is 14.6. The molecule has 2 N–H and O–H groups in total. The highest BCUT2D eigenvalue weighted by atomic mass is 19.1. The van der Waals surface area contributed by atoms with E-state index in [4.69, 9.17) is 0 Å². The van der Waals surface area contributed by atoms with Gasteiger partial charge in [0.1, 0.15) is 12.1 Å². The molecule has 2 aromatic carbocycles. The lowest BCUT2D eigenvalue weighted by atomic mass is 9.92. The molecule has 0 spiro atoms. The number of carbonyl (C=O) groups is 3. The van der Waals surface area contributed by atoms with Crippen molar-refractivity contribution >= 4 is 18.1 Å². The zero-order valence-corrected chi connectivity index (χ0v) is 16.1. The molecule has 5 nitrogen and oxygen atoms in total. The first-order valence-electron chi connectivity index (χ1n) is 9.31. The van der Waals surface area contributed by atoms with Crippen LogP contribution >= 0.6 is 0 Å². The molecule has 0 radical (unpaired) electrons. The van der Waals surface area contributed by atoms with Gasteiger partial charge in [-0.15, -0.1) is 0 Å². The predicted octanol–water partition coefficient (Wildman–Crippen LogP) is 3.64. The van der Waals surface area contributed by atoms with E-state index < -0.39 is 5.82 Å². The molecule has 0 aliphatic heterocycles. The first-order valence-corrected chi connectivity index (χ1v) is 9.31. The van der Waals surface area contributed by atoms with Crippen LogP contribution in [0.15, 0.2) is 30.3 Å². The summed E-state index contributed by atoms with van der Waals surface area (Å²) in [5.41, 5.74) is 2.08. The molecular weight excluding hydrogens is 359 g/mol. The molecule has 1 fully saturated rings. The summed E-state index contributed by atoms with van der Waals surface area (Å²) in [5.74, 6) is -1.21. The van der Waals surface area contributed by atoms with E-state index in [-0.39, 0.29) is 35.0 Å². The number of amides is 2. The molecule has 3 rings (SSSR count). The molecule has 1 aliphatic carbocycles. The van der Waals surface area contributed by atoms with Gasteiger partial charge in [0.05, 0.1) is 0 Å². The Hall–Kier alpha value is -3.02. The van der Waals surface area contributed by atoms with Crippen molar-refractivity contribution in [1.29, 1.82) is 0 Å². The molecule has 146 valence electrons. The molecule has 0 heterocycles. The fourth-order valence-electron chi connectivity index (χ4n) is 2.98. The van der Waals surface area contributed by atoms with E-state index in [1.165, 1.54) is 12.1 Å². The number of hydrogen-bond acceptors (Lipinski definition) is 3. The van der Waals surface area contributed by atoms with E-state index >= 15 is 0 Å². The van der Waals surface area contributed by atoms with Gasteiger partial charge in [-0.3, -0.25) is 14.4 Å². The van der Waals surface area contributed by atoms with E-state index in [0.29, 0.717) is 28.5 Å². The highest BCUT2D eigenvalue weighted by molar-refractivity contribution is 6.03. The predicted molar refractivity (Wildman–Crippen MR) is 105 cm³/mol. The molecule has 2 aromatic rings. The van der Waals surface area contributed by atoms with Crippen molar-refractivity contribution in [2.45, 2.75) is 45.7 Å². The van der Waals surface area contributed by atoms with Gasteiger partial charge in [-0.05, 0) is 68.5 Å². The Morgan fingerprint density at radius 3 is 2.43 bits per heavy atom. The van der Waals surface area contributed by atoms with Crippen LogP contribution in [0.25, 0.3) is 11.1 Å². The highest BCUT2D eigenvalue weighted by Crippen LogP contribution is 2.31. The fourth-order valence-corrected chi connectivity index (χ4v) is 2.98. The monoisotopic (exact) mass is 382 g/mol. The van der Waals surface area contributed by atoms with Crippen molar-refractivity contribution in [3.8, 4) is 11.1 Å². The third kappa shape index (κ3) is 4.27. The molecule has 2 amide bonds. The number of nitrogens with one attached hydrogen (secondary N) is 2. The number of carbonyl (C=O) groups excluding carboxylic acids is 3. The lowest BCUT2D eigenvalue weighted by Crippen LogP contribution is -2.30. The van der Waals surface area contributed by atoms with Gasteiger partial charge in [-0.25, -0.2) is 4.39 Å². The smallest absolute Gasteiger partial charge is 0.252 e. The van der Waals surface area contributed by atoms with Gasteiger partial charge in [0, 0.05) is 28.8 Å². The quantitative estimate of drug-likeness (QED) is 0.749. The van der Waals surface area contributed by atoms with Crippen LogP contribution in [0.3, 0.4) is 0 Å². The first-order chi connectivity index (χ1) is 13.3. The second-order valence-electron chi connectivity index (χ2n) is 7.43. The zero-order chi connectivity index (χ0) is 20.4. The Kier molecular flexibility index (Phi) is 5.58. The molecule has 0 atom stereocenters. The van der Waals surface area contributed by atoms with E-state index in [9.17, 15) is 18.8 Å². The first kappa shape index (κ1) is 19.7. The largest absolute Gasteiger partial charge is 0.350 e. The van der Waals surface area contributed by atoms with Crippen LogP contribution in [-0.4, -0.2) is 30.2 Å². The van der Waals surface area contributed by atoms with Crippen molar-refractivity contribution in [2.24, 2.45) is 0 Å². The third-order valence-corrected chi connectivity index (χ3v) is 4.65. The Balaban J connectivity index is 2.11. The Labute approximate surface area is 163 Å². The number of hydrogen-bond donors (Lipinski definition) is 2. The molecule has 0 bridgehead atoms. The van der Waals surface area contributed by atoms with E-state index in [2.05, 4.69) is 10.6 Å². The Morgan fingerprint density at radius 1 is 1.11 bits per heavy atom. The summed E-state index contributed by atoms with van der Waals surface area (Å²) in [6, 6.07) is 7.52. The number of halogens is 1. The molecule has 0 saturated heterocycles. The third-order valence-electron chi connectivity index (χ3n) is 4.65. The summed E-state index contributed by atoms with van der Waals surface area (Å²) in [6.45, 7) is 5.26. The molecule has 28 heavy (non-hydrogen) atoms. The van der Waals surface area contributed by atoms with Gasteiger partial charge in [-0.1, -0.05) is 12.1 Å². The molecule has 1 saturated carbocycles. The molecule has 0 aromatic heterocycles. The average molecular weight is 382 g/mol. The van der Waals surface area contributed by atoms with Crippen molar-refractivity contribution in [3.63, 3.8) is 0 Å². The zero-order valence-electron chi connectivity index (χ0n) is 16.1. The van der Waals surface area contributed by atoms with Crippen molar-refractivity contribution < 1.29 is 18.8 Å². The van der Waals surface area contributed by atoms with Crippen LogP contribution in [0.4, 0.5) is 4.39 Å². The minimum atomic E-state index is -0.520. The van der Waals surface area contributed by atoms with Crippen molar-refractivity contribution in [3.05, 3.63) is 58.4 Å². The lowest BCUT2D eigenvalue weighted by molar-refractivity contribution is 0.0938. The average Bonchev–Trinajstić information content (AvgIpc) is 3.46. The van der Waals surface area contributed by atoms with Crippen LogP contribution in [0.5, 0.6) is 0 Å². The van der Waals surface area contributed by atoms with Crippen molar-refractivity contribution in [2.75, 3.05) is 0 Å². The van der Waals surface area contributed by atoms with Crippen molar-refractivity contribution in [1.82, 2.24) is 10.6 Å². The topological polar surface area (TPSA) is 75.3 Å². The molecule has 0 unspecified atom stereocenters. The number of benzene rings is 2. The normalized spacial score (nSPS) is 13.3. The molecule has 1 aliphatic rings. The van der Waals surface area contributed by atoms with Crippen LogP contribution in [0, 0.1) is 12.7 Å². The maximum atomic E-state index is 14.6. The van der Waals surface area contributed by atoms with Crippen LogP contribution in [0.1, 0.15) is 63.3 Å². The Bertz CT molecular complexity index is 949. The van der Waals surface area contributed by atoms with E-state index in [0.717, 1.165) is 12.8 Å². The summed E-state index contributed by atoms with van der Waals surface area (Å²) < 4.78 is 14.6. The minimum Gasteiger partial charge on any atom is -0.350 e. The van der Waals surface area contributed by atoms with Crippen LogP contribution in [0.2, 0.25) is 0 Å². The van der Waals surface area contributed by atoms with Gasteiger partial charge >= 0.3 is 0 Å². The summed E-state index contributed by atoms with van der Waals surface area (Å²) in [5, 5.41) is 5.64. The van der Waals surface area contributed by atoms with Crippen LogP contribution in [-0.2, 0) is 0 Å². The van der Waals surface area contributed by atoms with Gasteiger partial charge in [0.15, 0.2) is 0 Å². The van der Waals surface area contributed by atoms with E-state index in [1.54, 1.807) is 25.1 Å². The lowest BCUT2D eigenvalue weighted by Gasteiger charge is -2.16. The fraction of sp³-hybridized carbons (Fsp3) is 0.318. The maximum Gasteiger partial charge on any atom is 0.252 e. The van der Waals surface area contributed by atoms with Gasteiger partial charge in [0.2, 0.25) is 0 Å². The highest BCUT2D eigenvalue weighted by Gasteiger charge is 2.25. The summed E-state index contributed by atoms with van der Waals surface area (Å²) in [4.78, 5) is 36.3. The molecule has 6 heteroatoms. The second-order valence-corrected chi connectivity index (χ2v) is 7.43. The summed E-state index contributed by atoms with van der Waals surface area (Å²) in [6.07, 6.45) is 2.52. The SMILES string of the molecule is Cc1c(F)cc(C(=O)NC2CC2)cc1-c1ccc(C=O)cc1C(=O)NC(C)C. The van der Waals surface area contributed by atoms with Gasteiger partial charge < -0.3 is 10.6 Å². The Morgan fingerprint density at radius 2 is 1.82 bits per heavy atom. The van der Waals surface area contributed by atoms with Crippen LogP contribution < -0.4 is 10.6 Å². The second kappa shape index (κ2) is 7.92. The van der Waals surface area contributed by atoms with Gasteiger partial charge in [0.25, 0.3) is 11.8 Å². The molecular formula is C22H23FN2O3. The standard InChI is InChI=1S/C22H23FN2O3/c1-12(2)24-22(28)19-8-14(11-26)4-7-17(19)18-9-15(10-20(23)13(18)3)21(27)25-16-5-6-16/h4,7-12,16H,5-6H2,1-3H3,(H,24,28)(H,25,27). The summed E-state index contributed by atoms with van der Waals surface area (Å²) >= 11 is 0.